The van der Waals surface area contributed by atoms with Crippen LogP contribution in [-0.2, 0) is 6.18 Å². The number of benzene rings is 1. The first-order valence-corrected chi connectivity index (χ1v) is 8.08. The summed E-state index contributed by atoms with van der Waals surface area (Å²) in [6.07, 6.45) is 2.51. The van der Waals surface area contributed by atoms with Crippen molar-refractivity contribution < 1.29 is 13.2 Å². The van der Waals surface area contributed by atoms with Gasteiger partial charge in [0.05, 0.1) is 17.8 Å². The second-order valence-electron chi connectivity index (χ2n) is 6.07. The smallest absolute Gasteiger partial charge is 0.346 e. The fourth-order valence-electron chi connectivity index (χ4n) is 3.16. The molecule has 0 aliphatic rings. The van der Waals surface area contributed by atoms with Crippen LogP contribution >= 0.6 is 0 Å². The number of alkyl halides is 3. The van der Waals surface area contributed by atoms with Crippen LogP contribution in [0.1, 0.15) is 24.1 Å². The van der Waals surface area contributed by atoms with Gasteiger partial charge in [0.2, 0.25) is 0 Å². The Kier molecular flexibility index (Phi) is 3.79. The van der Waals surface area contributed by atoms with E-state index in [1.807, 2.05) is 12.1 Å². The molecule has 1 N–H and O–H groups in total. The molecule has 7 heteroatoms. The zero-order chi connectivity index (χ0) is 18.3. The van der Waals surface area contributed by atoms with Crippen LogP contribution < -0.4 is 0 Å². The Bertz CT molecular complexity index is 1060. The molecule has 3 aromatic heterocycles. The quantitative estimate of drug-likeness (QED) is 0.558. The molecule has 0 aliphatic heterocycles. The van der Waals surface area contributed by atoms with Crippen molar-refractivity contribution in [3.63, 3.8) is 0 Å². The number of rotatable bonds is 3. The molecule has 0 fully saturated rings. The molecular weight excluding hydrogens is 341 g/mol. The third-order valence-corrected chi connectivity index (χ3v) is 4.49. The first kappa shape index (κ1) is 16.4. The summed E-state index contributed by atoms with van der Waals surface area (Å²) in [6, 6.07) is 8.83. The van der Waals surface area contributed by atoms with Crippen LogP contribution in [-0.4, -0.2) is 19.7 Å². The molecule has 132 valence electrons. The summed E-state index contributed by atoms with van der Waals surface area (Å²) in [5, 5.41) is 5.24. The second-order valence-corrected chi connectivity index (χ2v) is 6.07. The van der Waals surface area contributed by atoms with E-state index in [9.17, 15) is 13.2 Å². The summed E-state index contributed by atoms with van der Waals surface area (Å²) in [6.45, 7) is 1.71. The van der Waals surface area contributed by atoms with Crippen molar-refractivity contribution in [2.45, 2.75) is 19.1 Å². The Morgan fingerprint density at radius 3 is 2.73 bits per heavy atom. The number of aromatic nitrogens is 4. The summed E-state index contributed by atoms with van der Waals surface area (Å²) in [4.78, 5) is 7.29. The van der Waals surface area contributed by atoms with Crippen molar-refractivity contribution in [2.24, 2.45) is 0 Å². The maximum atomic E-state index is 13.3. The van der Waals surface area contributed by atoms with E-state index >= 15 is 0 Å². The van der Waals surface area contributed by atoms with E-state index in [0.29, 0.717) is 0 Å². The minimum Gasteiger partial charge on any atom is -0.346 e. The van der Waals surface area contributed by atoms with Gasteiger partial charge in [0.15, 0.2) is 0 Å². The zero-order valence-corrected chi connectivity index (χ0v) is 13.8. The molecule has 0 spiro atoms. The topological polar surface area (TPSA) is 46.5 Å². The van der Waals surface area contributed by atoms with E-state index in [1.165, 1.54) is 12.1 Å². The van der Waals surface area contributed by atoms with Gasteiger partial charge in [0, 0.05) is 29.5 Å². The lowest BCUT2D eigenvalue weighted by molar-refractivity contribution is -0.138. The molecule has 4 aromatic rings. The predicted octanol–water partition coefficient (Wildman–Crippen LogP) is 5.05. The van der Waals surface area contributed by atoms with Gasteiger partial charge in [-0.3, -0.25) is 4.68 Å². The first-order chi connectivity index (χ1) is 12.4. The van der Waals surface area contributed by atoms with Gasteiger partial charge in [-0.1, -0.05) is 18.2 Å². The van der Waals surface area contributed by atoms with Gasteiger partial charge in [-0.25, -0.2) is 4.98 Å². The predicted molar refractivity (Wildman–Crippen MR) is 92.6 cm³/mol. The van der Waals surface area contributed by atoms with E-state index in [4.69, 9.17) is 0 Å². The Labute approximate surface area is 147 Å². The van der Waals surface area contributed by atoms with Gasteiger partial charge in [0.1, 0.15) is 5.65 Å². The number of nitrogens with one attached hydrogen (secondary N) is 1. The highest BCUT2D eigenvalue weighted by Crippen LogP contribution is 2.36. The van der Waals surface area contributed by atoms with Crippen LogP contribution in [0.4, 0.5) is 13.2 Å². The minimum absolute atomic E-state index is 0.191. The van der Waals surface area contributed by atoms with Crippen LogP contribution in [0.25, 0.3) is 22.2 Å². The standard InChI is InChI=1S/C19H15F3N4/c1-12(14-4-2-3-5-17(14)19(20,21)22)26-11-13(10-25-26)15-6-8-23-18-16(15)7-9-24-18/h2-12H,1H3,(H,23,24). The highest BCUT2D eigenvalue weighted by atomic mass is 19.4. The summed E-state index contributed by atoms with van der Waals surface area (Å²) >= 11 is 0. The highest BCUT2D eigenvalue weighted by molar-refractivity contribution is 5.92. The number of nitrogens with zero attached hydrogens (tertiary/aromatic N) is 3. The van der Waals surface area contributed by atoms with Gasteiger partial charge >= 0.3 is 6.18 Å². The van der Waals surface area contributed by atoms with Crippen LogP contribution in [0.15, 0.2) is 61.2 Å². The summed E-state index contributed by atoms with van der Waals surface area (Å²) < 4.78 is 41.4. The minimum atomic E-state index is -4.40. The Balaban J connectivity index is 1.74. The van der Waals surface area contributed by atoms with Crippen molar-refractivity contribution in [3.05, 3.63) is 72.3 Å². The third-order valence-electron chi connectivity index (χ3n) is 4.49. The monoisotopic (exact) mass is 356 g/mol. The van der Waals surface area contributed by atoms with Gasteiger partial charge in [-0.05, 0) is 36.2 Å². The molecule has 0 amide bonds. The van der Waals surface area contributed by atoms with Crippen molar-refractivity contribution in [1.29, 1.82) is 0 Å². The molecule has 3 heterocycles. The number of aromatic amines is 1. The first-order valence-electron chi connectivity index (χ1n) is 8.08. The fourth-order valence-corrected chi connectivity index (χ4v) is 3.16. The SMILES string of the molecule is CC(c1ccccc1C(F)(F)F)n1cc(-c2ccnc3[nH]ccc23)cn1. The molecular formula is C19H15F3N4. The molecule has 26 heavy (non-hydrogen) atoms. The molecule has 0 saturated heterocycles. The molecule has 0 bridgehead atoms. The van der Waals surface area contributed by atoms with Crippen LogP contribution in [0.3, 0.4) is 0 Å². The number of hydrogen-bond acceptors (Lipinski definition) is 2. The van der Waals surface area contributed by atoms with E-state index in [2.05, 4.69) is 15.1 Å². The number of pyridine rings is 1. The fraction of sp³-hybridized carbons (Fsp3) is 0.158. The van der Waals surface area contributed by atoms with Crippen molar-refractivity contribution in [2.75, 3.05) is 0 Å². The van der Waals surface area contributed by atoms with E-state index in [0.717, 1.165) is 28.2 Å². The number of halogens is 3. The van der Waals surface area contributed by atoms with E-state index in [-0.39, 0.29) is 5.56 Å². The molecule has 0 radical (unpaired) electrons. The van der Waals surface area contributed by atoms with Gasteiger partial charge in [-0.2, -0.15) is 18.3 Å². The second kappa shape index (κ2) is 6.01. The highest BCUT2D eigenvalue weighted by Gasteiger charge is 2.34. The summed E-state index contributed by atoms with van der Waals surface area (Å²) in [5.74, 6) is 0. The lowest BCUT2D eigenvalue weighted by atomic mass is 10.0. The normalized spacial score (nSPS) is 13.2. The molecule has 4 rings (SSSR count). The number of fused-ring (bicyclic) bond motifs is 1. The number of hydrogen-bond donors (Lipinski definition) is 1. The third kappa shape index (κ3) is 2.75. The molecule has 4 nitrogen and oxygen atoms in total. The van der Waals surface area contributed by atoms with Gasteiger partial charge in [0.25, 0.3) is 0 Å². The largest absolute Gasteiger partial charge is 0.416 e. The molecule has 1 aromatic carbocycles. The molecule has 1 unspecified atom stereocenters. The average Bonchev–Trinajstić information content (AvgIpc) is 3.29. The maximum absolute atomic E-state index is 13.3. The van der Waals surface area contributed by atoms with Crippen LogP contribution in [0.2, 0.25) is 0 Å². The van der Waals surface area contributed by atoms with Crippen molar-refractivity contribution in [3.8, 4) is 11.1 Å². The van der Waals surface area contributed by atoms with E-state index < -0.39 is 17.8 Å². The Hall–Kier alpha value is -3.09. The zero-order valence-electron chi connectivity index (χ0n) is 13.8. The lowest BCUT2D eigenvalue weighted by Gasteiger charge is -2.18. The van der Waals surface area contributed by atoms with Crippen molar-refractivity contribution in [1.82, 2.24) is 19.7 Å². The van der Waals surface area contributed by atoms with Crippen LogP contribution in [0, 0.1) is 0 Å². The average molecular weight is 356 g/mol. The summed E-state index contributed by atoms with van der Waals surface area (Å²) in [7, 11) is 0. The maximum Gasteiger partial charge on any atom is 0.416 e. The van der Waals surface area contributed by atoms with E-state index in [1.54, 1.807) is 42.5 Å². The Morgan fingerprint density at radius 1 is 1.12 bits per heavy atom. The van der Waals surface area contributed by atoms with Gasteiger partial charge < -0.3 is 4.98 Å². The van der Waals surface area contributed by atoms with Gasteiger partial charge in [-0.15, -0.1) is 0 Å². The van der Waals surface area contributed by atoms with Crippen LogP contribution in [0.5, 0.6) is 0 Å². The molecule has 0 aliphatic carbocycles. The van der Waals surface area contributed by atoms with Crippen molar-refractivity contribution >= 4 is 11.0 Å². The summed E-state index contributed by atoms with van der Waals surface area (Å²) in [5.41, 5.74) is 2.07. The number of H-pyrrole nitrogens is 1. The lowest BCUT2D eigenvalue weighted by Crippen LogP contribution is -2.15. The molecule has 0 saturated carbocycles. The molecule has 1 atom stereocenters. The Morgan fingerprint density at radius 2 is 1.92 bits per heavy atom.